The molecule has 4 rings (SSSR count). The predicted octanol–water partition coefficient (Wildman–Crippen LogP) is 6.55. The molecule has 37 heavy (non-hydrogen) atoms. The summed E-state index contributed by atoms with van der Waals surface area (Å²) >= 11 is 5.99. The third-order valence-corrected chi connectivity index (χ3v) is 6.61. The quantitative estimate of drug-likeness (QED) is 0.147. The molecule has 0 aliphatic rings. The van der Waals surface area contributed by atoms with Gasteiger partial charge in [-0.2, -0.15) is 0 Å². The molecule has 4 aromatic rings. The minimum absolute atomic E-state index is 0.145. The van der Waals surface area contributed by atoms with E-state index in [0.29, 0.717) is 16.7 Å². The monoisotopic (exact) mass is 518 g/mol. The second-order valence-electron chi connectivity index (χ2n) is 8.83. The molecule has 0 aliphatic carbocycles. The number of carboxylic acids is 1. The summed E-state index contributed by atoms with van der Waals surface area (Å²) in [6.45, 7) is 3.50. The number of aromatic carboxylic acids is 1. The number of aromatic amines is 1. The number of nitrogens with one attached hydrogen (secondary N) is 1. The van der Waals surface area contributed by atoms with Crippen molar-refractivity contribution in [2.24, 2.45) is 5.16 Å². The van der Waals surface area contributed by atoms with Crippen molar-refractivity contribution in [3.05, 3.63) is 128 Å². The maximum atomic E-state index is 15.1. The van der Waals surface area contributed by atoms with Crippen LogP contribution < -0.4 is 5.56 Å². The van der Waals surface area contributed by atoms with E-state index in [9.17, 15) is 19.9 Å². The molecule has 0 aliphatic heterocycles. The summed E-state index contributed by atoms with van der Waals surface area (Å²) in [6.07, 6.45) is 1.61. The Morgan fingerprint density at radius 1 is 1.00 bits per heavy atom. The first-order valence-corrected chi connectivity index (χ1v) is 11.9. The van der Waals surface area contributed by atoms with Crippen molar-refractivity contribution in [3.63, 3.8) is 0 Å². The van der Waals surface area contributed by atoms with Crippen LogP contribution in [0.1, 0.15) is 50.5 Å². The summed E-state index contributed by atoms with van der Waals surface area (Å²) in [5, 5.41) is 22.8. The Morgan fingerprint density at radius 2 is 1.70 bits per heavy atom. The van der Waals surface area contributed by atoms with E-state index in [2.05, 4.69) is 10.1 Å². The fourth-order valence-corrected chi connectivity index (χ4v) is 4.54. The predicted molar refractivity (Wildman–Crippen MR) is 142 cm³/mol. The van der Waals surface area contributed by atoms with Gasteiger partial charge >= 0.3 is 5.97 Å². The minimum Gasteiger partial charge on any atom is -0.478 e. The smallest absolute Gasteiger partial charge is 0.335 e. The largest absolute Gasteiger partial charge is 0.478 e. The van der Waals surface area contributed by atoms with E-state index in [0.717, 1.165) is 22.3 Å². The zero-order chi connectivity index (χ0) is 26.7. The van der Waals surface area contributed by atoms with E-state index in [1.165, 1.54) is 12.3 Å². The SMILES string of the molecule is Cc1cc(C(=O)O)ccc1-c1ccc(C(C/C(=N\O)c2c[nH]c(=O)c(C)c2)c2ccc(Cl)cc2F)cc1. The average molecular weight is 519 g/mol. The fraction of sp³-hybridized carbons (Fsp3) is 0.138. The normalized spacial score (nSPS) is 12.4. The number of hydrogen-bond acceptors (Lipinski definition) is 4. The highest BCUT2D eigenvalue weighted by atomic mass is 35.5. The summed E-state index contributed by atoms with van der Waals surface area (Å²) in [6, 6.07) is 18.5. The summed E-state index contributed by atoms with van der Waals surface area (Å²) < 4.78 is 15.1. The van der Waals surface area contributed by atoms with Gasteiger partial charge in [0.2, 0.25) is 0 Å². The topological polar surface area (TPSA) is 103 Å². The van der Waals surface area contributed by atoms with E-state index in [1.54, 1.807) is 43.3 Å². The lowest BCUT2D eigenvalue weighted by molar-refractivity contribution is 0.0696. The Hall–Kier alpha value is -4.23. The molecule has 188 valence electrons. The van der Waals surface area contributed by atoms with Crippen LogP contribution in [-0.2, 0) is 0 Å². The zero-order valence-corrected chi connectivity index (χ0v) is 20.9. The van der Waals surface area contributed by atoms with Crippen molar-refractivity contribution in [2.45, 2.75) is 26.2 Å². The van der Waals surface area contributed by atoms with E-state index < -0.39 is 17.7 Å². The number of halogens is 2. The summed E-state index contributed by atoms with van der Waals surface area (Å²) in [7, 11) is 0. The van der Waals surface area contributed by atoms with Gasteiger partial charge in [-0.1, -0.05) is 53.2 Å². The molecule has 3 N–H and O–H groups in total. The molecular weight excluding hydrogens is 495 g/mol. The van der Waals surface area contributed by atoms with Gasteiger partial charge in [0.15, 0.2) is 0 Å². The maximum absolute atomic E-state index is 15.1. The summed E-state index contributed by atoms with van der Waals surface area (Å²) in [5.74, 6) is -2.01. The Bertz CT molecular complexity index is 1560. The number of H-pyrrole nitrogens is 1. The zero-order valence-electron chi connectivity index (χ0n) is 20.1. The first-order chi connectivity index (χ1) is 17.7. The molecular formula is C29H24ClFN2O4. The Kier molecular flexibility index (Phi) is 7.55. The molecule has 6 nitrogen and oxygen atoms in total. The van der Waals surface area contributed by atoms with Gasteiger partial charge in [0.05, 0.1) is 11.3 Å². The highest BCUT2D eigenvalue weighted by Gasteiger charge is 2.23. The van der Waals surface area contributed by atoms with Gasteiger partial charge in [0.25, 0.3) is 5.56 Å². The lowest BCUT2D eigenvalue weighted by Crippen LogP contribution is -2.15. The molecule has 1 aromatic heterocycles. The van der Waals surface area contributed by atoms with Gasteiger partial charge in [-0.15, -0.1) is 0 Å². The molecule has 0 radical (unpaired) electrons. The van der Waals surface area contributed by atoms with Crippen molar-refractivity contribution < 1.29 is 19.5 Å². The summed E-state index contributed by atoms with van der Waals surface area (Å²) in [4.78, 5) is 25.7. The van der Waals surface area contributed by atoms with Crippen molar-refractivity contribution in [3.8, 4) is 11.1 Å². The molecule has 0 amide bonds. The second kappa shape index (κ2) is 10.8. The van der Waals surface area contributed by atoms with Crippen LogP contribution in [0.2, 0.25) is 5.02 Å². The number of aryl methyl sites for hydroxylation is 2. The average Bonchev–Trinajstić information content (AvgIpc) is 2.87. The van der Waals surface area contributed by atoms with Crippen LogP contribution in [0.5, 0.6) is 0 Å². The van der Waals surface area contributed by atoms with Gasteiger partial charge in [-0.05, 0) is 72.0 Å². The molecule has 0 saturated carbocycles. The number of benzene rings is 3. The van der Waals surface area contributed by atoms with Gasteiger partial charge in [0, 0.05) is 34.7 Å². The number of aromatic nitrogens is 1. The van der Waals surface area contributed by atoms with Crippen molar-refractivity contribution in [1.82, 2.24) is 4.98 Å². The number of carboxylic acid groups (broad SMARTS) is 1. The van der Waals surface area contributed by atoms with Crippen LogP contribution in [0, 0.1) is 19.7 Å². The third kappa shape index (κ3) is 5.62. The fourth-order valence-electron chi connectivity index (χ4n) is 4.38. The van der Waals surface area contributed by atoms with E-state index in [1.807, 2.05) is 31.2 Å². The lowest BCUT2D eigenvalue weighted by atomic mass is 9.84. The molecule has 0 spiro atoms. The minimum atomic E-state index is -0.989. The molecule has 1 unspecified atom stereocenters. The van der Waals surface area contributed by atoms with Crippen LogP contribution >= 0.6 is 11.6 Å². The number of oxime groups is 1. The van der Waals surface area contributed by atoms with Crippen molar-refractivity contribution >= 4 is 23.3 Å². The van der Waals surface area contributed by atoms with E-state index in [4.69, 9.17) is 11.6 Å². The first-order valence-electron chi connectivity index (χ1n) is 11.5. The maximum Gasteiger partial charge on any atom is 0.335 e. The molecule has 1 heterocycles. The van der Waals surface area contributed by atoms with E-state index >= 15 is 4.39 Å². The highest BCUT2D eigenvalue weighted by molar-refractivity contribution is 6.30. The van der Waals surface area contributed by atoms with Crippen molar-refractivity contribution in [2.75, 3.05) is 0 Å². The van der Waals surface area contributed by atoms with Crippen LogP contribution in [0.15, 0.2) is 82.9 Å². The number of rotatable bonds is 7. The number of hydrogen-bond donors (Lipinski definition) is 3. The van der Waals surface area contributed by atoms with Gasteiger partial charge in [-0.3, -0.25) is 4.79 Å². The Morgan fingerprint density at radius 3 is 2.30 bits per heavy atom. The molecule has 0 saturated heterocycles. The van der Waals surface area contributed by atoms with Crippen LogP contribution in [-0.4, -0.2) is 27.0 Å². The number of carbonyl (C=O) groups is 1. The van der Waals surface area contributed by atoms with Crippen LogP contribution in [0.3, 0.4) is 0 Å². The molecule has 1 atom stereocenters. The van der Waals surface area contributed by atoms with Crippen LogP contribution in [0.25, 0.3) is 11.1 Å². The van der Waals surface area contributed by atoms with E-state index in [-0.39, 0.29) is 28.3 Å². The van der Waals surface area contributed by atoms with Gasteiger partial charge in [0.1, 0.15) is 5.82 Å². The Balaban J connectivity index is 1.74. The first kappa shape index (κ1) is 25.9. The molecule has 3 aromatic carbocycles. The van der Waals surface area contributed by atoms with Gasteiger partial charge in [-0.25, -0.2) is 9.18 Å². The molecule has 0 fully saturated rings. The van der Waals surface area contributed by atoms with Crippen molar-refractivity contribution in [1.29, 1.82) is 0 Å². The van der Waals surface area contributed by atoms with Crippen LogP contribution in [0.4, 0.5) is 4.39 Å². The number of nitrogens with zero attached hydrogens (tertiary/aromatic N) is 1. The molecule has 8 heteroatoms. The molecule has 0 bridgehead atoms. The summed E-state index contributed by atoms with van der Waals surface area (Å²) in [5.41, 5.74) is 4.94. The highest BCUT2D eigenvalue weighted by Crippen LogP contribution is 2.34. The second-order valence-corrected chi connectivity index (χ2v) is 9.26. The Labute approximate surface area is 217 Å². The standard InChI is InChI=1S/C29H24ClFN2O4/c1-16-11-20(29(35)36)7-9-23(16)18-3-5-19(6-4-18)25(24-10-8-22(30)13-26(24)31)14-27(33-37)21-12-17(2)28(34)32-15-21/h3-13,15,25,37H,14H2,1-2H3,(H,32,34)(H,35,36)/b33-27+. The lowest BCUT2D eigenvalue weighted by Gasteiger charge is -2.20. The third-order valence-electron chi connectivity index (χ3n) is 6.38. The number of pyridine rings is 1. The van der Waals surface area contributed by atoms with Gasteiger partial charge < -0.3 is 15.3 Å².